The summed E-state index contributed by atoms with van der Waals surface area (Å²) in [6, 6.07) is 1.03. The van der Waals surface area contributed by atoms with Gasteiger partial charge >= 0.3 is 0 Å². The molecule has 6 heteroatoms. The summed E-state index contributed by atoms with van der Waals surface area (Å²) in [5.74, 6) is -0.311. The van der Waals surface area contributed by atoms with Crippen molar-refractivity contribution in [2.45, 2.75) is 6.92 Å². The topological polar surface area (TPSA) is 63.1 Å². The predicted octanol–water partition coefficient (Wildman–Crippen LogP) is -0.135. The minimum Gasteiger partial charge on any atom is -0.307 e. The van der Waals surface area contributed by atoms with Gasteiger partial charge in [0.2, 0.25) is 5.95 Å². The molecule has 0 atom stereocenters. The molecular formula is C6H5FN4O. The second-order valence-electron chi connectivity index (χ2n) is 2.38. The number of hydrogen-bond donors (Lipinski definition) is 1. The lowest BCUT2D eigenvalue weighted by molar-refractivity contribution is 0.556. The molecule has 2 aromatic heterocycles. The van der Waals surface area contributed by atoms with E-state index in [-0.39, 0.29) is 11.1 Å². The summed E-state index contributed by atoms with van der Waals surface area (Å²) >= 11 is 0. The molecule has 0 aromatic carbocycles. The fourth-order valence-corrected chi connectivity index (χ4v) is 0.972. The maximum absolute atomic E-state index is 12.5. The SMILES string of the molecule is Cc1nn2nc(F)cc2c(=O)[nH]1. The first-order valence-electron chi connectivity index (χ1n) is 3.29. The van der Waals surface area contributed by atoms with Crippen LogP contribution in [-0.2, 0) is 0 Å². The molecule has 0 saturated carbocycles. The van der Waals surface area contributed by atoms with Gasteiger partial charge < -0.3 is 4.98 Å². The molecule has 0 saturated heterocycles. The maximum atomic E-state index is 12.5. The average molecular weight is 168 g/mol. The number of hydrogen-bond acceptors (Lipinski definition) is 3. The molecule has 0 aliphatic carbocycles. The monoisotopic (exact) mass is 168 g/mol. The van der Waals surface area contributed by atoms with Crippen LogP contribution in [0.2, 0.25) is 0 Å². The van der Waals surface area contributed by atoms with Crippen LogP contribution in [0, 0.1) is 12.9 Å². The molecule has 0 amide bonds. The van der Waals surface area contributed by atoms with Crippen molar-refractivity contribution < 1.29 is 4.39 Å². The Hall–Kier alpha value is -1.72. The molecule has 0 aliphatic heterocycles. The summed E-state index contributed by atoms with van der Waals surface area (Å²) in [6.07, 6.45) is 0. The lowest BCUT2D eigenvalue weighted by atomic mass is 10.5. The summed E-state index contributed by atoms with van der Waals surface area (Å²) in [7, 11) is 0. The lowest BCUT2D eigenvalue weighted by Gasteiger charge is -1.91. The lowest BCUT2D eigenvalue weighted by Crippen LogP contribution is -2.14. The average Bonchev–Trinajstić information content (AvgIpc) is 2.29. The van der Waals surface area contributed by atoms with E-state index in [2.05, 4.69) is 15.2 Å². The molecule has 2 rings (SSSR count). The Morgan fingerprint density at radius 1 is 1.58 bits per heavy atom. The van der Waals surface area contributed by atoms with E-state index in [1.807, 2.05) is 0 Å². The van der Waals surface area contributed by atoms with Crippen LogP contribution in [0.1, 0.15) is 5.82 Å². The number of nitrogens with one attached hydrogen (secondary N) is 1. The zero-order valence-electron chi connectivity index (χ0n) is 6.21. The largest absolute Gasteiger partial charge is 0.307 e. The third-order valence-electron chi connectivity index (χ3n) is 1.43. The summed E-state index contributed by atoms with van der Waals surface area (Å²) in [5, 5.41) is 7.12. The van der Waals surface area contributed by atoms with Gasteiger partial charge in [0.1, 0.15) is 5.82 Å². The number of H-pyrrole nitrogens is 1. The van der Waals surface area contributed by atoms with E-state index in [0.29, 0.717) is 5.82 Å². The number of aromatic nitrogens is 4. The highest BCUT2D eigenvalue weighted by Crippen LogP contribution is 1.96. The summed E-state index contributed by atoms with van der Waals surface area (Å²) in [4.78, 5) is 13.5. The molecule has 0 fully saturated rings. The Morgan fingerprint density at radius 3 is 3.08 bits per heavy atom. The van der Waals surface area contributed by atoms with Gasteiger partial charge in [-0.1, -0.05) is 0 Å². The molecule has 2 aromatic rings. The first kappa shape index (κ1) is 6.96. The van der Waals surface area contributed by atoms with Crippen LogP contribution in [-0.4, -0.2) is 19.8 Å². The summed E-state index contributed by atoms with van der Waals surface area (Å²) < 4.78 is 13.5. The molecule has 1 N–H and O–H groups in total. The normalized spacial score (nSPS) is 10.8. The Labute approximate surface area is 65.8 Å². The van der Waals surface area contributed by atoms with Gasteiger partial charge in [-0.15, -0.1) is 14.8 Å². The van der Waals surface area contributed by atoms with Gasteiger partial charge in [-0.25, -0.2) is 0 Å². The van der Waals surface area contributed by atoms with Gasteiger partial charge in [-0.3, -0.25) is 4.79 Å². The molecule has 62 valence electrons. The fraction of sp³-hybridized carbons (Fsp3) is 0.167. The molecule has 0 radical (unpaired) electrons. The van der Waals surface area contributed by atoms with Crippen molar-refractivity contribution in [2.24, 2.45) is 0 Å². The van der Waals surface area contributed by atoms with Gasteiger partial charge in [0.15, 0.2) is 5.52 Å². The predicted molar refractivity (Wildman–Crippen MR) is 38.3 cm³/mol. The van der Waals surface area contributed by atoms with E-state index in [4.69, 9.17) is 0 Å². The maximum Gasteiger partial charge on any atom is 0.277 e. The van der Waals surface area contributed by atoms with Crippen molar-refractivity contribution in [3.05, 3.63) is 28.2 Å². The van der Waals surface area contributed by atoms with Crippen LogP contribution in [0.15, 0.2) is 10.9 Å². The Bertz CT molecular complexity index is 486. The van der Waals surface area contributed by atoms with Crippen molar-refractivity contribution in [1.29, 1.82) is 0 Å². The van der Waals surface area contributed by atoms with Crippen molar-refractivity contribution in [1.82, 2.24) is 19.8 Å². The standard InChI is InChI=1S/C6H5FN4O/c1-3-8-6(12)4-2-5(7)10-11(4)9-3/h2H,1H3,(H,8,9,12). The Kier molecular flexibility index (Phi) is 1.24. The highest BCUT2D eigenvalue weighted by molar-refractivity contribution is 5.41. The molecule has 5 nitrogen and oxygen atoms in total. The molecule has 12 heavy (non-hydrogen) atoms. The smallest absolute Gasteiger partial charge is 0.277 e. The van der Waals surface area contributed by atoms with Crippen LogP contribution in [0.4, 0.5) is 4.39 Å². The van der Waals surface area contributed by atoms with Crippen molar-refractivity contribution >= 4 is 5.52 Å². The van der Waals surface area contributed by atoms with Gasteiger partial charge in [-0.2, -0.15) is 4.39 Å². The second-order valence-corrected chi connectivity index (χ2v) is 2.38. The summed E-state index contributed by atoms with van der Waals surface area (Å²) in [6.45, 7) is 1.60. The number of nitrogens with zero attached hydrogens (tertiary/aromatic N) is 3. The van der Waals surface area contributed by atoms with Crippen LogP contribution in [0.3, 0.4) is 0 Å². The van der Waals surface area contributed by atoms with Gasteiger partial charge in [0.25, 0.3) is 5.56 Å². The molecule has 0 spiro atoms. The van der Waals surface area contributed by atoms with Crippen molar-refractivity contribution in [3.8, 4) is 0 Å². The zero-order chi connectivity index (χ0) is 8.72. The number of halogens is 1. The van der Waals surface area contributed by atoms with Crippen molar-refractivity contribution in [3.63, 3.8) is 0 Å². The minimum absolute atomic E-state index is 0.109. The second kappa shape index (κ2) is 2.13. The van der Waals surface area contributed by atoms with E-state index in [9.17, 15) is 9.18 Å². The number of rotatable bonds is 0. The van der Waals surface area contributed by atoms with Crippen LogP contribution in [0.5, 0.6) is 0 Å². The Morgan fingerprint density at radius 2 is 2.33 bits per heavy atom. The van der Waals surface area contributed by atoms with E-state index in [1.165, 1.54) is 0 Å². The molecule has 2 heterocycles. The van der Waals surface area contributed by atoms with E-state index >= 15 is 0 Å². The van der Waals surface area contributed by atoms with E-state index < -0.39 is 5.95 Å². The van der Waals surface area contributed by atoms with Crippen LogP contribution < -0.4 is 5.56 Å². The summed E-state index contributed by atoms with van der Waals surface area (Å²) in [5.41, 5.74) is -0.281. The molecular weight excluding hydrogens is 163 g/mol. The van der Waals surface area contributed by atoms with E-state index in [0.717, 1.165) is 10.7 Å². The quantitative estimate of drug-likeness (QED) is 0.595. The number of aromatic amines is 1. The first-order valence-corrected chi connectivity index (χ1v) is 3.29. The minimum atomic E-state index is -0.710. The van der Waals surface area contributed by atoms with Crippen molar-refractivity contribution in [2.75, 3.05) is 0 Å². The van der Waals surface area contributed by atoms with E-state index in [1.54, 1.807) is 6.92 Å². The molecule has 0 unspecified atom stereocenters. The van der Waals surface area contributed by atoms with Crippen LogP contribution >= 0.6 is 0 Å². The zero-order valence-corrected chi connectivity index (χ0v) is 6.21. The fourth-order valence-electron chi connectivity index (χ4n) is 0.972. The molecule has 0 aliphatic rings. The van der Waals surface area contributed by atoms with Gasteiger partial charge in [-0.05, 0) is 6.92 Å². The van der Waals surface area contributed by atoms with Gasteiger partial charge in [0.05, 0.1) is 0 Å². The molecule has 0 bridgehead atoms. The van der Waals surface area contributed by atoms with Gasteiger partial charge in [0, 0.05) is 6.07 Å². The third-order valence-corrected chi connectivity index (χ3v) is 1.43. The number of aryl methyl sites for hydroxylation is 1. The van der Waals surface area contributed by atoms with Crippen LogP contribution in [0.25, 0.3) is 5.52 Å². The first-order chi connectivity index (χ1) is 5.66. The number of fused-ring (bicyclic) bond motifs is 1. The highest BCUT2D eigenvalue weighted by Gasteiger charge is 2.04. The third kappa shape index (κ3) is 0.884. The highest BCUT2D eigenvalue weighted by atomic mass is 19.1. The Balaban J connectivity index is 2.98.